The molecule has 0 saturated carbocycles. The van der Waals surface area contributed by atoms with E-state index in [-0.39, 0.29) is 35.7 Å². The zero-order chi connectivity index (χ0) is 23.8. The van der Waals surface area contributed by atoms with Gasteiger partial charge in [-0.25, -0.2) is 5.43 Å². The van der Waals surface area contributed by atoms with Crippen molar-refractivity contribution in [1.29, 1.82) is 0 Å². The average Bonchev–Trinajstić information content (AvgIpc) is 2.78. The van der Waals surface area contributed by atoms with Crippen LogP contribution in [0.1, 0.15) is 57.7 Å². The zero-order valence-corrected chi connectivity index (χ0v) is 19.8. The molecular weight excluding hydrogens is 406 g/mol. The van der Waals surface area contributed by atoms with Crippen molar-refractivity contribution in [3.05, 3.63) is 42.0 Å². The summed E-state index contributed by atoms with van der Waals surface area (Å²) in [5.41, 5.74) is 5.02. The summed E-state index contributed by atoms with van der Waals surface area (Å²) in [5.74, 6) is -0.546. The molecule has 8 nitrogen and oxygen atoms in total. The predicted octanol–water partition coefficient (Wildman–Crippen LogP) is 1.75. The summed E-state index contributed by atoms with van der Waals surface area (Å²) in [7, 11) is 1.72. The third kappa shape index (κ3) is 6.64. The number of carbonyl (C=O) groups excluding carboxylic acids is 3. The molecule has 3 amide bonds. The van der Waals surface area contributed by atoms with Crippen molar-refractivity contribution < 1.29 is 14.4 Å². The van der Waals surface area contributed by atoms with Crippen molar-refractivity contribution in [3.63, 3.8) is 0 Å². The molecule has 4 atom stereocenters. The van der Waals surface area contributed by atoms with Crippen molar-refractivity contribution in [2.24, 2.45) is 5.92 Å². The fourth-order valence-corrected chi connectivity index (χ4v) is 3.85. The second-order valence-corrected chi connectivity index (χ2v) is 8.66. The number of hydrazine groups is 1. The highest BCUT2D eigenvalue weighted by atomic mass is 16.2. The first-order valence-electron chi connectivity index (χ1n) is 11.3. The summed E-state index contributed by atoms with van der Waals surface area (Å²) in [6.45, 7) is 11.7. The molecule has 4 N–H and O–H groups in total. The first-order valence-corrected chi connectivity index (χ1v) is 11.3. The molecule has 1 aromatic carbocycles. The van der Waals surface area contributed by atoms with Gasteiger partial charge in [0.1, 0.15) is 12.1 Å². The van der Waals surface area contributed by atoms with Crippen LogP contribution in [0.25, 0.3) is 6.08 Å². The number of nitrogens with one attached hydrogen (secondary N) is 4. The van der Waals surface area contributed by atoms with E-state index in [4.69, 9.17) is 0 Å². The van der Waals surface area contributed by atoms with E-state index in [1.807, 2.05) is 45.0 Å². The Balaban J connectivity index is 1.95. The quantitative estimate of drug-likeness (QED) is 0.466. The lowest BCUT2D eigenvalue weighted by Gasteiger charge is -2.35. The number of hydrogen-bond donors (Lipinski definition) is 4. The summed E-state index contributed by atoms with van der Waals surface area (Å²) in [6.07, 6.45) is 3.10. The number of hydrogen-bond acceptors (Lipinski definition) is 5. The van der Waals surface area contributed by atoms with Crippen LogP contribution >= 0.6 is 0 Å². The molecule has 32 heavy (non-hydrogen) atoms. The number of amides is 3. The van der Waals surface area contributed by atoms with E-state index in [0.717, 1.165) is 11.1 Å². The van der Waals surface area contributed by atoms with Crippen LogP contribution in [0, 0.1) is 5.92 Å². The normalized spacial score (nSPS) is 19.1. The van der Waals surface area contributed by atoms with Crippen LogP contribution in [0.4, 0.5) is 0 Å². The van der Waals surface area contributed by atoms with Crippen molar-refractivity contribution in [1.82, 2.24) is 26.4 Å². The minimum absolute atomic E-state index is 0.0950. The van der Waals surface area contributed by atoms with Crippen molar-refractivity contribution in [2.75, 3.05) is 13.6 Å². The maximum atomic E-state index is 12.9. The van der Waals surface area contributed by atoms with Gasteiger partial charge in [0.05, 0.1) is 12.1 Å². The number of benzene rings is 1. The van der Waals surface area contributed by atoms with E-state index >= 15 is 0 Å². The van der Waals surface area contributed by atoms with Crippen molar-refractivity contribution in [2.45, 2.75) is 64.7 Å². The van der Waals surface area contributed by atoms with Gasteiger partial charge in [-0.2, -0.15) is 0 Å². The lowest BCUT2D eigenvalue weighted by atomic mass is 10.0. The lowest BCUT2D eigenvalue weighted by Crippen LogP contribution is -2.61. The van der Waals surface area contributed by atoms with E-state index in [2.05, 4.69) is 28.0 Å². The summed E-state index contributed by atoms with van der Waals surface area (Å²) in [5, 5.41) is 10.2. The minimum atomic E-state index is -0.702. The standard InChI is InChI=1S/C24H37N5O3/c1-7-18-10-8-11-19(14-18)16(4)26-22(30)20-12-9-13-29(28-20)24(32)17(5)27-23(31)21(25-6)15(2)3/h7-8,10-11,14-17,20-21,25,28H,1,9,12-13H2,2-6H3,(H,26,30)(H,27,31)/t16?,17?,20-,21?/m0/s1. The summed E-state index contributed by atoms with van der Waals surface area (Å²) in [6, 6.07) is 6.07. The Morgan fingerprint density at radius 3 is 2.53 bits per heavy atom. The van der Waals surface area contributed by atoms with Crippen LogP contribution in [-0.4, -0.2) is 54.4 Å². The average molecular weight is 444 g/mol. The molecule has 1 aromatic rings. The van der Waals surface area contributed by atoms with Crippen molar-refractivity contribution in [3.8, 4) is 0 Å². The van der Waals surface area contributed by atoms with Gasteiger partial charge in [0, 0.05) is 6.54 Å². The molecule has 1 aliphatic rings. The van der Waals surface area contributed by atoms with Gasteiger partial charge in [-0.3, -0.25) is 19.4 Å². The van der Waals surface area contributed by atoms with E-state index < -0.39 is 12.1 Å². The molecule has 0 radical (unpaired) electrons. The fourth-order valence-electron chi connectivity index (χ4n) is 3.85. The second kappa shape index (κ2) is 11.8. The first-order chi connectivity index (χ1) is 15.2. The SMILES string of the molecule is C=Cc1cccc(C(C)NC(=O)[C@@H]2CCCN(C(=O)C(C)NC(=O)C(NC)C(C)C)N2)c1. The molecule has 8 heteroatoms. The van der Waals surface area contributed by atoms with Gasteiger partial charge in [0.15, 0.2) is 0 Å². The third-order valence-electron chi connectivity index (χ3n) is 5.76. The lowest BCUT2D eigenvalue weighted by molar-refractivity contribution is -0.143. The highest BCUT2D eigenvalue weighted by Gasteiger charge is 2.32. The van der Waals surface area contributed by atoms with Gasteiger partial charge in [-0.05, 0) is 56.8 Å². The van der Waals surface area contributed by atoms with Crippen LogP contribution < -0.4 is 21.4 Å². The van der Waals surface area contributed by atoms with Gasteiger partial charge in [0.2, 0.25) is 11.8 Å². The zero-order valence-electron chi connectivity index (χ0n) is 19.8. The monoisotopic (exact) mass is 443 g/mol. The van der Waals surface area contributed by atoms with Crippen molar-refractivity contribution >= 4 is 23.8 Å². The highest BCUT2D eigenvalue weighted by Crippen LogP contribution is 2.16. The molecule has 1 aliphatic heterocycles. The Kier molecular flexibility index (Phi) is 9.41. The van der Waals surface area contributed by atoms with Gasteiger partial charge in [-0.15, -0.1) is 0 Å². The molecule has 0 bridgehead atoms. The van der Waals surface area contributed by atoms with E-state index in [0.29, 0.717) is 19.4 Å². The van der Waals surface area contributed by atoms with E-state index in [1.54, 1.807) is 20.0 Å². The predicted molar refractivity (Wildman–Crippen MR) is 126 cm³/mol. The molecule has 0 aliphatic carbocycles. The Morgan fingerprint density at radius 2 is 1.91 bits per heavy atom. The Hall–Kier alpha value is -2.71. The number of nitrogens with zero attached hydrogens (tertiary/aromatic N) is 1. The van der Waals surface area contributed by atoms with Gasteiger partial charge < -0.3 is 16.0 Å². The van der Waals surface area contributed by atoms with Crippen LogP contribution in [0.3, 0.4) is 0 Å². The Labute approximate surface area is 191 Å². The first kappa shape index (κ1) is 25.5. The summed E-state index contributed by atoms with van der Waals surface area (Å²) < 4.78 is 0. The molecule has 0 spiro atoms. The van der Waals surface area contributed by atoms with E-state index in [1.165, 1.54) is 5.01 Å². The Morgan fingerprint density at radius 1 is 1.19 bits per heavy atom. The van der Waals surface area contributed by atoms with Gasteiger partial charge in [-0.1, -0.05) is 44.7 Å². The summed E-state index contributed by atoms with van der Waals surface area (Å²) in [4.78, 5) is 38.2. The van der Waals surface area contributed by atoms with Gasteiger partial charge >= 0.3 is 0 Å². The largest absolute Gasteiger partial charge is 0.348 e. The van der Waals surface area contributed by atoms with E-state index in [9.17, 15) is 14.4 Å². The maximum Gasteiger partial charge on any atom is 0.258 e. The molecule has 176 valence electrons. The molecular formula is C24H37N5O3. The second-order valence-electron chi connectivity index (χ2n) is 8.66. The minimum Gasteiger partial charge on any atom is -0.348 e. The van der Waals surface area contributed by atoms with Gasteiger partial charge in [0.25, 0.3) is 5.91 Å². The summed E-state index contributed by atoms with van der Waals surface area (Å²) >= 11 is 0. The molecule has 0 aromatic heterocycles. The molecule has 2 rings (SSSR count). The molecule has 1 fully saturated rings. The molecule has 1 heterocycles. The molecule has 1 saturated heterocycles. The highest BCUT2D eigenvalue weighted by molar-refractivity contribution is 5.90. The number of likely N-dealkylation sites (N-methyl/N-ethyl adjacent to an activating group) is 1. The topological polar surface area (TPSA) is 103 Å². The van der Waals surface area contributed by atoms with Crippen LogP contribution in [0.2, 0.25) is 0 Å². The number of carbonyl (C=O) groups is 3. The van der Waals surface area contributed by atoms with Crippen LogP contribution in [0.15, 0.2) is 30.8 Å². The fraction of sp³-hybridized carbons (Fsp3) is 0.542. The van der Waals surface area contributed by atoms with Crippen LogP contribution in [0.5, 0.6) is 0 Å². The smallest absolute Gasteiger partial charge is 0.258 e. The molecule has 3 unspecified atom stereocenters. The maximum absolute atomic E-state index is 12.9. The Bertz CT molecular complexity index is 826. The number of rotatable bonds is 9. The van der Waals surface area contributed by atoms with Crippen LogP contribution in [-0.2, 0) is 14.4 Å². The third-order valence-corrected chi connectivity index (χ3v) is 5.76.